The van der Waals surface area contributed by atoms with Crippen LogP contribution in [0.3, 0.4) is 0 Å². The number of hydrogen-bond acceptors (Lipinski definition) is 6. The predicted molar refractivity (Wildman–Crippen MR) is 418 cm³/mol. The average molecular weight is 1290 g/mol. The van der Waals surface area contributed by atoms with E-state index < -0.39 is 0 Å². The minimum absolute atomic E-state index is 0.824. The highest BCUT2D eigenvalue weighted by atomic mass is 32.1. The third-order valence-electron chi connectivity index (χ3n) is 19.9. The van der Waals surface area contributed by atoms with E-state index in [9.17, 15) is 0 Å². The van der Waals surface area contributed by atoms with E-state index >= 15 is 0 Å². The highest BCUT2D eigenvalue weighted by Crippen LogP contribution is 2.54. The molecule has 20 rings (SSSR count). The summed E-state index contributed by atoms with van der Waals surface area (Å²) in [6.07, 6.45) is 0. The Morgan fingerprint density at radius 2 is 0.653 bits per heavy atom. The number of rotatable bonds is 11. The molecule has 0 radical (unpaired) electrons. The van der Waals surface area contributed by atoms with E-state index in [2.05, 4.69) is 350 Å². The van der Waals surface area contributed by atoms with Gasteiger partial charge in [0.2, 0.25) is 0 Å². The molecule has 0 fully saturated rings. The topological polar surface area (TPSA) is 32.8 Å². The van der Waals surface area contributed by atoms with Crippen LogP contribution in [0.1, 0.15) is 0 Å². The van der Waals surface area contributed by atoms with Gasteiger partial charge in [-0.2, -0.15) is 0 Å². The fraction of sp³-hybridized carbons (Fsp3) is 0. The van der Waals surface area contributed by atoms with Gasteiger partial charge >= 0.3 is 0 Å². The van der Waals surface area contributed by atoms with Crippen LogP contribution in [0.5, 0.6) is 0 Å². The van der Waals surface area contributed by atoms with E-state index in [1.165, 1.54) is 67.8 Å². The molecule has 458 valence electrons. The first-order valence-electron chi connectivity index (χ1n) is 33.3. The standard InChI is InChI=1S/C92H56N2O2S2/c1-2-28-62-57(23-1)24-18-36-63(62)59-25-17-27-61(56-59)93(76-40-10-4-30-68(76)70-38-20-49-86-88(70)74-34-8-15-47-84(74)97-86)80-54-53-65(92-91(80)73-33-7-14-45-82(73)96-92)60-51-52-64-58(55-60)26-19-37-66(64)67-29-3-11-41-77(67)94(79-43-22-46-83-90(79)72-32-6-13-44-81(72)95-83)78-42-12-5-31-69(78)71-39-21-50-87-89(71)75-35-9-16-48-85(75)98-87/h1-56H. The van der Waals surface area contributed by atoms with Gasteiger partial charge in [-0.15, -0.1) is 22.7 Å². The minimum atomic E-state index is 0.824. The summed E-state index contributed by atoms with van der Waals surface area (Å²) >= 11 is 3.70. The Hall–Kier alpha value is -12.3. The Morgan fingerprint density at radius 3 is 1.35 bits per heavy atom. The molecule has 6 heteroatoms. The number of thiophene rings is 2. The second-order valence-corrected chi connectivity index (χ2v) is 27.4. The van der Waals surface area contributed by atoms with Gasteiger partial charge in [0, 0.05) is 79.1 Å². The Balaban J connectivity index is 0.774. The number of benzene rings is 16. The molecule has 4 nitrogen and oxygen atoms in total. The molecule has 0 aliphatic heterocycles. The third-order valence-corrected chi connectivity index (χ3v) is 22.1. The molecule has 0 N–H and O–H groups in total. The van der Waals surface area contributed by atoms with Crippen LogP contribution in [0.4, 0.5) is 34.1 Å². The van der Waals surface area contributed by atoms with Crippen molar-refractivity contribution in [3.05, 3.63) is 340 Å². The maximum atomic E-state index is 7.28. The number of nitrogens with zero attached hydrogens (tertiary/aromatic N) is 2. The van der Waals surface area contributed by atoms with E-state index in [0.717, 1.165) is 128 Å². The molecule has 0 saturated carbocycles. The molecule has 16 aromatic carbocycles. The van der Waals surface area contributed by atoms with Gasteiger partial charge in [-0.1, -0.05) is 243 Å². The maximum absolute atomic E-state index is 7.28. The fourth-order valence-electron chi connectivity index (χ4n) is 15.6. The highest BCUT2D eigenvalue weighted by molar-refractivity contribution is 7.26. The molecule has 98 heavy (non-hydrogen) atoms. The summed E-state index contributed by atoms with van der Waals surface area (Å²) in [6.45, 7) is 0. The molecular weight excluding hydrogens is 1230 g/mol. The van der Waals surface area contributed by atoms with Crippen LogP contribution >= 0.6 is 22.7 Å². The average Bonchev–Trinajstić information content (AvgIpc) is 1.46. The number of anilines is 6. The SMILES string of the molecule is c1cc(-c2cccc3ccccc23)cc(N(c2ccccc2-c2cccc3sc4ccccc4c23)c2ccc(-c3ccc4c(-c5ccccc5N(c5ccccc5-c5cccc6sc7ccccc7c56)c5cccc6oc7ccccc7c56)cccc4c3)c3oc4ccccc4c23)c1. The molecular formula is C92H56N2O2S2. The molecule has 0 unspecified atom stereocenters. The lowest BCUT2D eigenvalue weighted by Gasteiger charge is -2.30. The lowest BCUT2D eigenvalue weighted by atomic mass is 9.92. The summed E-state index contributed by atoms with van der Waals surface area (Å²) in [7, 11) is 0. The summed E-state index contributed by atoms with van der Waals surface area (Å²) in [6, 6.07) is 124. The molecule has 0 atom stereocenters. The highest BCUT2D eigenvalue weighted by Gasteiger charge is 2.29. The predicted octanol–water partition coefficient (Wildman–Crippen LogP) is 27.8. The molecule has 4 heterocycles. The second kappa shape index (κ2) is 22.7. The van der Waals surface area contributed by atoms with E-state index in [0.29, 0.717) is 0 Å². The van der Waals surface area contributed by atoms with Gasteiger partial charge < -0.3 is 18.6 Å². The zero-order chi connectivity index (χ0) is 64.4. The van der Waals surface area contributed by atoms with Gasteiger partial charge in [-0.05, 0) is 152 Å². The molecule has 0 amide bonds. The number of furan rings is 2. The Morgan fingerprint density at radius 1 is 0.214 bits per heavy atom. The normalized spacial score (nSPS) is 11.9. The Bertz CT molecular complexity index is 6620. The summed E-state index contributed by atoms with van der Waals surface area (Å²) in [5, 5.41) is 13.9. The molecule has 0 aliphatic carbocycles. The molecule has 20 aromatic rings. The van der Waals surface area contributed by atoms with Crippen molar-refractivity contribution in [2.75, 3.05) is 9.80 Å². The lowest BCUT2D eigenvalue weighted by molar-refractivity contribution is 0.669. The van der Waals surface area contributed by atoms with E-state index in [1.54, 1.807) is 0 Å². The zero-order valence-corrected chi connectivity index (χ0v) is 54.5. The summed E-state index contributed by atoms with van der Waals surface area (Å²) in [5.41, 5.74) is 20.9. The van der Waals surface area contributed by atoms with Gasteiger partial charge in [-0.25, -0.2) is 0 Å². The lowest BCUT2D eigenvalue weighted by Crippen LogP contribution is -2.13. The first-order chi connectivity index (χ1) is 48.6. The van der Waals surface area contributed by atoms with E-state index in [1.807, 2.05) is 22.7 Å². The van der Waals surface area contributed by atoms with Crippen LogP contribution < -0.4 is 9.80 Å². The van der Waals surface area contributed by atoms with Crippen molar-refractivity contribution in [3.63, 3.8) is 0 Å². The maximum Gasteiger partial charge on any atom is 0.145 e. The van der Waals surface area contributed by atoms with Crippen molar-refractivity contribution in [2.45, 2.75) is 0 Å². The van der Waals surface area contributed by atoms with Crippen LogP contribution in [0.2, 0.25) is 0 Å². The number of fused-ring (bicyclic) bond motifs is 14. The smallest absolute Gasteiger partial charge is 0.145 e. The molecule has 0 bridgehead atoms. The van der Waals surface area contributed by atoms with Gasteiger partial charge in [0.15, 0.2) is 0 Å². The van der Waals surface area contributed by atoms with Crippen molar-refractivity contribution >= 4 is 163 Å². The van der Waals surface area contributed by atoms with Crippen molar-refractivity contribution in [2.24, 2.45) is 0 Å². The summed E-state index contributed by atoms with van der Waals surface area (Å²) in [5.74, 6) is 0. The van der Waals surface area contributed by atoms with Gasteiger partial charge in [-0.3, -0.25) is 0 Å². The second-order valence-electron chi connectivity index (χ2n) is 25.3. The van der Waals surface area contributed by atoms with Gasteiger partial charge in [0.05, 0.1) is 39.2 Å². The molecule has 0 spiro atoms. The van der Waals surface area contributed by atoms with Gasteiger partial charge in [0.25, 0.3) is 0 Å². The van der Waals surface area contributed by atoms with Crippen LogP contribution in [-0.2, 0) is 0 Å². The van der Waals surface area contributed by atoms with Crippen molar-refractivity contribution < 1.29 is 8.83 Å². The number of para-hydroxylation sites is 5. The first-order valence-corrected chi connectivity index (χ1v) is 34.9. The zero-order valence-electron chi connectivity index (χ0n) is 52.9. The minimum Gasteiger partial charge on any atom is -0.456 e. The van der Waals surface area contributed by atoms with Crippen molar-refractivity contribution in [3.8, 4) is 55.6 Å². The fourth-order valence-corrected chi connectivity index (χ4v) is 17.9. The Kier molecular flexibility index (Phi) is 13.0. The van der Waals surface area contributed by atoms with Crippen molar-refractivity contribution in [1.29, 1.82) is 0 Å². The third kappa shape index (κ3) is 8.89. The molecule has 0 aliphatic rings. The van der Waals surface area contributed by atoms with Crippen LogP contribution in [0.25, 0.3) is 161 Å². The first kappa shape index (κ1) is 56.1. The van der Waals surface area contributed by atoms with Crippen LogP contribution in [0, 0.1) is 0 Å². The number of hydrogen-bond donors (Lipinski definition) is 0. The van der Waals surface area contributed by atoms with Gasteiger partial charge in [0.1, 0.15) is 22.3 Å². The largest absolute Gasteiger partial charge is 0.456 e. The van der Waals surface area contributed by atoms with E-state index in [-0.39, 0.29) is 0 Å². The van der Waals surface area contributed by atoms with Crippen LogP contribution in [-0.4, -0.2) is 0 Å². The van der Waals surface area contributed by atoms with Crippen LogP contribution in [0.15, 0.2) is 349 Å². The Labute approximate surface area is 572 Å². The molecule has 4 aromatic heterocycles. The van der Waals surface area contributed by atoms with E-state index in [4.69, 9.17) is 8.83 Å². The van der Waals surface area contributed by atoms with Crippen molar-refractivity contribution in [1.82, 2.24) is 0 Å². The monoisotopic (exact) mass is 1280 g/mol. The quantitative estimate of drug-likeness (QED) is 0.129. The summed E-state index contributed by atoms with van der Waals surface area (Å²) in [4.78, 5) is 4.97. The molecule has 0 saturated heterocycles. The summed E-state index contributed by atoms with van der Waals surface area (Å²) < 4.78 is 19.0.